The number of ether oxygens (including phenoxy) is 3. The highest BCUT2D eigenvalue weighted by atomic mass is 32.2. The Balaban J connectivity index is 1.08. The molecule has 3 fully saturated rings. The lowest BCUT2D eigenvalue weighted by atomic mass is 9.68. The number of halogens is 1. The number of fused-ring (bicyclic) bond motifs is 9. The lowest BCUT2D eigenvalue weighted by Crippen LogP contribution is -2.42. The van der Waals surface area contributed by atoms with Crippen LogP contribution in [0.25, 0.3) is 0 Å². The number of thioether (sulfide) groups is 1. The number of nitrogens with zero attached hydrogens (tertiary/aromatic N) is 1. The molecule has 2 saturated carbocycles. The van der Waals surface area contributed by atoms with Crippen molar-refractivity contribution in [3.63, 3.8) is 0 Å². The van der Waals surface area contributed by atoms with E-state index in [1.54, 1.807) is 49.2 Å². The normalized spacial score (nSPS) is 26.3. The van der Waals surface area contributed by atoms with Crippen LogP contribution in [0, 0.1) is 35.4 Å². The van der Waals surface area contributed by atoms with E-state index in [0.717, 1.165) is 21.9 Å². The summed E-state index contributed by atoms with van der Waals surface area (Å²) >= 11 is 2.78. The summed E-state index contributed by atoms with van der Waals surface area (Å²) in [4.78, 5) is 58.2. The number of hydrogen-bond donors (Lipinski definition) is 2. The van der Waals surface area contributed by atoms with Gasteiger partial charge in [-0.15, -0.1) is 11.8 Å². The van der Waals surface area contributed by atoms with Crippen LogP contribution in [0.5, 0.6) is 17.2 Å². The molecular weight excluding hydrogens is 670 g/mol. The van der Waals surface area contributed by atoms with Crippen LogP contribution in [-0.4, -0.2) is 48.3 Å². The maximum absolute atomic E-state index is 14.0. The van der Waals surface area contributed by atoms with Gasteiger partial charge in [-0.25, -0.2) is 4.39 Å². The molecule has 10 nitrogen and oxygen atoms in total. The van der Waals surface area contributed by atoms with Crippen molar-refractivity contribution in [1.82, 2.24) is 4.98 Å². The average Bonchev–Trinajstić information content (AvgIpc) is 3.84. The van der Waals surface area contributed by atoms with Crippen molar-refractivity contribution < 1.29 is 33.0 Å². The van der Waals surface area contributed by atoms with Crippen LogP contribution in [0.2, 0.25) is 0 Å². The Bertz CT molecular complexity index is 2010. The van der Waals surface area contributed by atoms with Gasteiger partial charge in [0.1, 0.15) is 11.6 Å². The summed E-state index contributed by atoms with van der Waals surface area (Å²) in [5.41, 5.74) is 1.90. The van der Waals surface area contributed by atoms with E-state index in [1.807, 2.05) is 19.1 Å². The number of thiazole rings is 1. The van der Waals surface area contributed by atoms with Gasteiger partial charge in [0.15, 0.2) is 18.1 Å². The summed E-state index contributed by atoms with van der Waals surface area (Å²) in [6, 6.07) is 18.1. The summed E-state index contributed by atoms with van der Waals surface area (Å²) in [5.74, 6) is -1.02. The number of amides is 3. The lowest BCUT2D eigenvalue weighted by molar-refractivity contribution is -0.123. The summed E-state index contributed by atoms with van der Waals surface area (Å²) in [5, 5.41) is 3.61. The number of nitrogens with one attached hydrogen (secondary N) is 2. The first kappa shape index (κ1) is 31.6. The highest BCUT2D eigenvalue weighted by molar-refractivity contribution is 8.00. The number of H-pyrrole nitrogens is 1. The number of aromatic nitrogens is 1. The molecule has 4 aromatic rings. The fraction of sp³-hybridized carbons (Fsp3) is 0.333. The first-order valence-corrected chi connectivity index (χ1v) is 17.8. The Kier molecular flexibility index (Phi) is 7.98. The molecule has 8 rings (SSSR count). The van der Waals surface area contributed by atoms with Gasteiger partial charge < -0.3 is 24.5 Å². The molecule has 1 aromatic heterocycles. The first-order valence-electron chi connectivity index (χ1n) is 16.1. The Labute approximate surface area is 288 Å². The summed E-state index contributed by atoms with van der Waals surface area (Å²) < 4.78 is 30.8. The van der Waals surface area contributed by atoms with Gasteiger partial charge in [0.2, 0.25) is 11.8 Å². The zero-order valence-electron chi connectivity index (χ0n) is 26.5. The minimum atomic E-state index is -0.484. The van der Waals surface area contributed by atoms with Gasteiger partial charge in [-0.2, -0.15) is 0 Å². The van der Waals surface area contributed by atoms with Gasteiger partial charge in [0.05, 0.1) is 36.3 Å². The number of benzene rings is 3. The smallest absolute Gasteiger partial charge is 0.305 e. The molecule has 2 bridgehead atoms. The van der Waals surface area contributed by atoms with E-state index >= 15 is 0 Å². The van der Waals surface area contributed by atoms with E-state index in [9.17, 15) is 23.6 Å². The van der Waals surface area contributed by atoms with Crippen LogP contribution in [-0.2, 0) is 14.4 Å². The largest absolute Gasteiger partial charge is 0.497 e. The fourth-order valence-corrected chi connectivity index (χ4v) is 11.2. The average molecular weight is 702 g/mol. The molecule has 49 heavy (non-hydrogen) atoms. The Hall–Kier alpha value is -4.62. The van der Waals surface area contributed by atoms with Gasteiger partial charge in [0, 0.05) is 21.7 Å². The molecule has 252 valence electrons. The predicted octanol–water partition coefficient (Wildman–Crippen LogP) is 5.68. The Morgan fingerprint density at radius 2 is 1.69 bits per heavy atom. The van der Waals surface area contributed by atoms with E-state index < -0.39 is 17.7 Å². The Morgan fingerprint density at radius 3 is 2.41 bits per heavy atom. The molecule has 1 saturated heterocycles. The molecule has 2 aliphatic heterocycles. The molecule has 2 aliphatic carbocycles. The second-order valence-electron chi connectivity index (χ2n) is 12.7. The third-order valence-corrected chi connectivity index (χ3v) is 12.8. The first-order chi connectivity index (χ1) is 23.7. The van der Waals surface area contributed by atoms with Crippen molar-refractivity contribution in [2.75, 3.05) is 30.5 Å². The van der Waals surface area contributed by atoms with Gasteiger partial charge in [-0.1, -0.05) is 17.4 Å². The predicted molar refractivity (Wildman–Crippen MR) is 182 cm³/mol. The third kappa shape index (κ3) is 5.30. The van der Waals surface area contributed by atoms with Crippen molar-refractivity contribution >= 4 is 52.2 Å². The maximum Gasteiger partial charge on any atom is 0.305 e. The van der Waals surface area contributed by atoms with E-state index in [2.05, 4.69) is 10.3 Å². The number of hydrogen-bond acceptors (Lipinski definition) is 9. The second-order valence-corrected chi connectivity index (χ2v) is 14.9. The standard InChI is InChI=1S/C36H32FN3O7S2/c1-3-46-25-14-17(4-13-24(25)47-16-26(41)38-19-7-11-21(45-2)12-8-19)27-28-22-15-23(31(28)48-33-32(27)49-36(44)39-33)30-29(22)34(42)40(35(30)43)20-9-5-18(37)6-10-20/h4-14,22-23,27-31H,3,15-16H2,1-2H3,(H,38,41)(H,39,44)/t22-,23-,27+,28-,29+,30+,31-/m1/s1. The van der Waals surface area contributed by atoms with E-state index in [1.165, 1.54) is 40.5 Å². The van der Waals surface area contributed by atoms with Gasteiger partial charge >= 0.3 is 4.87 Å². The number of rotatable bonds is 9. The molecule has 0 unspecified atom stereocenters. The van der Waals surface area contributed by atoms with Crippen LogP contribution in [0.3, 0.4) is 0 Å². The van der Waals surface area contributed by atoms with Crippen LogP contribution < -0.4 is 29.3 Å². The second kappa shape index (κ2) is 12.4. The van der Waals surface area contributed by atoms with E-state index in [0.29, 0.717) is 35.2 Å². The molecule has 3 aromatic carbocycles. The highest BCUT2D eigenvalue weighted by Gasteiger charge is 2.69. The third-order valence-electron chi connectivity index (χ3n) is 10.2. The van der Waals surface area contributed by atoms with Crippen molar-refractivity contribution in [3.05, 3.63) is 92.7 Å². The zero-order valence-corrected chi connectivity index (χ0v) is 28.1. The summed E-state index contributed by atoms with van der Waals surface area (Å²) in [6.45, 7) is 1.98. The van der Waals surface area contributed by atoms with Gasteiger partial charge in [-0.3, -0.25) is 24.1 Å². The van der Waals surface area contributed by atoms with Crippen LogP contribution in [0.4, 0.5) is 15.8 Å². The Morgan fingerprint density at radius 1 is 0.959 bits per heavy atom. The molecule has 0 spiro atoms. The molecule has 2 N–H and O–H groups in total. The number of carbonyl (C=O) groups is 3. The molecule has 3 amide bonds. The fourth-order valence-electron chi connectivity index (χ4n) is 8.36. The van der Waals surface area contributed by atoms with Gasteiger partial charge in [-0.05, 0) is 97.3 Å². The molecule has 0 radical (unpaired) electrons. The van der Waals surface area contributed by atoms with E-state index in [4.69, 9.17) is 14.2 Å². The molecular formula is C36H32FN3O7S2. The maximum atomic E-state index is 14.0. The van der Waals surface area contributed by atoms with Crippen molar-refractivity contribution in [1.29, 1.82) is 0 Å². The SMILES string of the molecule is CCOc1cc([C@@H]2c3sc(=O)[nH]c3S[C@@H]3[C@@H]4C[C@@H]([C@@H]5C(=O)N(c6ccc(F)cc6)C(=O)[C@@H]45)[C@H]23)ccc1OCC(=O)Nc1ccc(OC)cc1. The van der Waals surface area contributed by atoms with Crippen LogP contribution >= 0.6 is 23.1 Å². The van der Waals surface area contributed by atoms with Crippen molar-refractivity contribution in [2.24, 2.45) is 29.6 Å². The quantitative estimate of drug-likeness (QED) is 0.214. The monoisotopic (exact) mass is 701 g/mol. The molecule has 4 aliphatic rings. The van der Waals surface area contributed by atoms with Crippen molar-refractivity contribution in [3.8, 4) is 17.2 Å². The topological polar surface area (TPSA) is 127 Å². The molecule has 3 heterocycles. The van der Waals surface area contributed by atoms with Crippen LogP contribution in [0.1, 0.15) is 29.7 Å². The van der Waals surface area contributed by atoms with E-state index in [-0.39, 0.29) is 58.1 Å². The minimum Gasteiger partial charge on any atom is -0.497 e. The molecule has 13 heteroatoms. The number of carbonyl (C=O) groups excluding carboxylic acids is 3. The highest BCUT2D eigenvalue weighted by Crippen LogP contribution is 2.68. The lowest BCUT2D eigenvalue weighted by Gasteiger charge is -2.43. The number of aromatic amines is 1. The number of anilines is 2. The summed E-state index contributed by atoms with van der Waals surface area (Å²) in [6.07, 6.45) is 0.741. The number of methoxy groups -OCH3 is 1. The van der Waals surface area contributed by atoms with Crippen molar-refractivity contribution in [2.45, 2.75) is 29.5 Å². The molecule has 7 atom stereocenters. The van der Waals surface area contributed by atoms with Gasteiger partial charge in [0.25, 0.3) is 5.91 Å². The summed E-state index contributed by atoms with van der Waals surface area (Å²) in [7, 11) is 1.57. The zero-order chi connectivity index (χ0) is 34.0. The minimum absolute atomic E-state index is 0.00652. The number of imide groups is 1. The van der Waals surface area contributed by atoms with Crippen LogP contribution in [0.15, 0.2) is 76.6 Å².